The highest BCUT2D eigenvalue weighted by atomic mass is 32.2. The number of benzene rings is 4. The maximum Gasteiger partial charge on any atom is 0.261 e. The second kappa shape index (κ2) is 22.0. The predicted octanol–water partition coefficient (Wildman–Crippen LogP) is 11.2. The van der Waals surface area contributed by atoms with Gasteiger partial charge in [-0.2, -0.15) is 0 Å². The Balaban J connectivity index is 1.41. The van der Waals surface area contributed by atoms with Crippen molar-refractivity contribution in [3.63, 3.8) is 0 Å². The summed E-state index contributed by atoms with van der Waals surface area (Å²) in [7, 11) is -5.42. The molecule has 1 aliphatic carbocycles. The Hall–Kier alpha value is -3.87. The van der Waals surface area contributed by atoms with Crippen molar-refractivity contribution in [3.05, 3.63) is 144 Å². The topological polar surface area (TPSA) is 101 Å². The third kappa shape index (κ3) is 11.2. The highest BCUT2D eigenvalue weighted by Gasteiger charge is 2.57. The predicted molar refractivity (Wildman–Crippen MR) is 269 cm³/mol. The fourth-order valence-electron chi connectivity index (χ4n) is 10.5. The lowest BCUT2D eigenvalue weighted by Gasteiger charge is -2.46. The van der Waals surface area contributed by atoms with Gasteiger partial charge in [-0.3, -0.25) is 0 Å². The largest absolute Gasteiger partial charge is 0.497 e. The van der Waals surface area contributed by atoms with E-state index in [1.165, 1.54) is 10.4 Å². The normalized spacial score (nSPS) is 21.2. The Bertz CT molecular complexity index is 2260. The number of aliphatic hydroxyl groups excluding tert-OH is 1. The Morgan fingerprint density at radius 2 is 1.38 bits per heavy atom. The lowest BCUT2D eigenvalue weighted by molar-refractivity contribution is -0.221. The van der Waals surface area contributed by atoms with Crippen LogP contribution in [0.2, 0.25) is 5.04 Å². The fourth-order valence-corrected chi connectivity index (χ4v) is 17.3. The van der Waals surface area contributed by atoms with Crippen molar-refractivity contribution in [3.8, 4) is 5.75 Å². The fraction of sp³-hybridized carbons (Fsp3) is 0.500. The number of aliphatic hydroxyl groups is 1. The summed E-state index contributed by atoms with van der Waals surface area (Å²) in [5.41, 5.74) is 1.84. The van der Waals surface area contributed by atoms with Crippen molar-refractivity contribution in [2.45, 2.75) is 159 Å². The number of methoxy groups -OCH3 is 1. The first-order valence-corrected chi connectivity index (χ1v) is 27.6. The second-order valence-electron chi connectivity index (χ2n) is 19.9. The molecule has 0 radical (unpaired) electrons. The summed E-state index contributed by atoms with van der Waals surface area (Å²) in [6.45, 7) is 19.8. The molecule has 0 bridgehead atoms. The first-order chi connectivity index (χ1) is 31.5. The average Bonchev–Trinajstić information content (AvgIpc) is 3.69. The maximum absolute atomic E-state index is 15.0. The number of allylic oxidation sites excluding steroid dienone is 1. The number of hydrogen-bond donors (Lipinski definition) is 1. The van der Waals surface area contributed by atoms with Crippen LogP contribution in [0.3, 0.4) is 0 Å². The first-order valence-electron chi connectivity index (χ1n) is 24.1. The summed E-state index contributed by atoms with van der Waals surface area (Å²) in [6.07, 6.45) is 7.21. The van der Waals surface area contributed by atoms with E-state index in [0.29, 0.717) is 6.42 Å². The van der Waals surface area contributed by atoms with Crippen LogP contribution in [0.1, 0.15) is 113 Å². The highest BCUT2D eigenvalue weighted by Crippen LogP contribution is 2.47. The van der Waals surface area contributed by atoms with Crippen LogP contribution in [-0.4, -0.2) is 70.5 Å². The van der Waals surface area contributed by atoms with E-state index in [9.17, 15) is 5.11 Å². The zero-order valence-corrected chi connectivity index (χ0v) is 43.0. The molecule has 358 valence electrons. The number of hydrogen-bond acceptors (Lipinski definition) is 8. The minimum absolute atomic E-state index is 0.110. The quantitative estimate of drug-likeness (QED) is 0.0691. The molecule has 7 atom stereocenters. The SMILES string of the molecule is C/C=C(\C)[C@H](O[Si](c1ccccc1)(c1ccccc1)C(C)(C)C)[C@@H](C)/C=C(\C)[C@@H](OCc1ccc(OC)cc1)[C@@H](C)CC(C(O)[C@@]1(CC)COC2(CCCCC2)O1)S(=O)(=O)c1ccccc1. The van der Waals surface area contributed by atoms with Gasteiger partial charge in [-0.1, -0.05) is 151 Å². The zero-order valence-electron chi connectivity index (χ0n) is 41.2. The van der Waals surface area contributed by atoms with E-state index in [1.807, 2.05) is 38.1 Å². The van der Waals surface area contributed by atoms with E-state index in [1.54, 1.807) is 37.4 Å². The summed E-state index contributed by atoms with van der Waals surface area (Å²) >= 11 is 0. The Morgan fingerprint density at radius 1 is 0.818 bits per heavy atom. The van der Waals surface area contributed by atoms with Gasteiger partial charge in [-0.25, -0.2) is 8.42 Å². The van der Waals surface area contributed by atoms with Gasteiger partial charge >= 0.3 is 0 Å². The van der Waals surface area contributed by atoms with Crippen LogP contribution >= 0.6 is 0 Å². The van der Waals surface area contributed by atoms with Gasteiger partial charge < -0.3 is 28.5 Å². The third-order valence-corrected chi connectivity index (χ3v) is 21.5. The van der Waals surface area contributed by atoms with E-state index in [2.05, 4.69) is 121 Å². The average molecular weight is 937 g/mol. The van der Waals surface area contributed by atoms with Crippen molar-refractivity contribution in [2.75, 3.05) is 13.7 Å². The molecule has 1 saturated carbocycles. The standard InChI is InChI=1S/C56H76O8SSi/c1-11-41(3)52(63-66(54(7,8)9,48-27-19-14-20-28-48)49-29-21-15-22-30-49)43(5)37-42(4)51(61-39-45-31-33-46(60-10)34-32-45)44(6)38-50(65(58,59)47-25-17-13-18-26-47)53(57)55(12-2)40-62-56(64-55)35-23-16-24-36-56/h11,13-15,17-22,25-34,37,43-44,50-53,57H,12,16,23-24,35-36,38-40H2,1-10H3/b41-11+,42-37+/t43-,44-,50?,51+,52-,53?,55+/m0/s1. The van der Waals surface area contributed by atoms with Crippen LogP contribution in [0.15, 0.2) is 143 Å². The van der Waals surface area contributed by atoms with Gasteiger partial charge in [0.05, 0.1) is 42.7 Å². The minimum atomic E-state index is -4.09. The summed E-state index contributed by atoms with van der Waals surface area (Å²) in [6, 6.07) is 37.7. The maximum atomic E-state index is 15.0. The van der Waals surface area contributed by atoms with Crippen molar-refractivity contribution in [1.82, 2.24) is 0 Å². The van der Waals surface area contributed by atoms with Gasteiger partial charge in [-0.15, -0.1) is 0 Å². The molecule has 10 heteroatoms. The molecule has 0 amide bonds. The van der Waals surface area contributed by atoms with Crippen LogP contribution in [0.4, 0.5) is 0 Å². The molecule has 1 saturated heterocycles. The van der Waals surface area contributed by atoms with Crippen molar-refractivity contribution in [1.29, 1.82) is 0 Å². The lowest BCUT2D eigenvalue weighted by Crippen LogP contribution is -2.68. The Labute approximate surface area is 397 Å². The van der Waals surface area contributed by atoms with E-state index in [0.717, 1.165) is 54.6 Å². The first kappa shape index (κ1) is 51.5. The molecule has 4 aromatic carbocycles. The van der Waals surface area contributed by atoms with Crippen LogP contribution in [0.25, 0.3) is 0 Å². The lowest BCUT2D eigenvalue weighted by atomic mass is 9.85. The molecular weight excluding hydrogens is 861 g/mol. The molecular formula is C56H76O8SSi. The summed E-state index contributed by atoms with van der Waals surface area (Å²) in [5, 5.41) is 13.7. The molecule has 1 spiro atoms. The molecule has 1 aliphatic heterocycles. The Kier molecular flexibility index (Phi) is 17.2. The van der Waals surface area contributed by atoms with E-state index < -0.39 is 47.0 Å². The van der Waals surface area contributed by atoms with Gasteiger partial charge in [0.15, 0.2) is 15.6 Å². The minimum Gasteiger partial charge on any atom is -0.497 e. The molecule has 1 heterocycles. The molecule has 6 rings (SSSR count). The van der Waals surface area contributed by atoms with Crippen LogP contribution < -0.4 is 15.1 Å². The van der Waals surface area contributed by atoms with Crippen molar-refractivity contribution in [2.24, 2.45) is 11.8 Å². The molecule has 0 aromatic heterocycles. The monoisotopic (exact) mass is 937 g/mol. The molecule has 66 heavy (non-hydrogen) atoms. The van der Waals surface area contributed by atoms with Crippen molar-refractivity contribution < 1.29 is 36.9 Å². The smallest absolute Gasteiger partial charge is 0.261 e. The number of sulfone groups is 1. The molecule has 2 fully saturated rings. The summed E-state index contributed by atoms with van der Waals surface area (Å²) in [5.74, 6) is -0.542. The molecule has 2 aliphatic rings. The van der Waals surface area contributed by atoms with E-state index in [4.69, 9.17) is 23.4 Å². The Morgan fingerprint density at radius 3 is 1.89 bits per heavy atom. The molecule has 4 aromatic rings. The van der Waals surface area contributed by atoms with Gasteiger partial charge in [0.2, 0.25) is 0 Å². The zero-order chi connectivity index (χ0) is 47.8. The molecule has 8 nitrogen and oxygen atoms in total. The molecule has 2 unspecified atom stereocenters. The second-order valence-corrected chi connectivity index (χ2v) is 26.3. The van der Waals surface area contributed by atoms with Gasteiger partial charge in [0.1, 0.15) is 17.5 Å². The summed E-state index contributed by atoms with van der Waals surface area (Å²) < 4.78 is 63.5. The van der Waals surface area contributed by atoms with E-state index >= 15 is 8.42 Å². The van der Waals surface area contributed by atoms with E-state index in [-0.39, 0.29) is 47.5 Å². The third-order valence-electron chi connectivity index (χ3n) is 14.3. The van der Waals surface area contributed by atoms with Crippen LogP contribution in [0.5, 0.6) is 5.75 Å². The van der Waals surface area contributed by atoms with Crippen LogP contribution in [0, 0.1) is 11.8 Å². The molecule has 1 N–H and O–H groups in total. The summed E-state index contributed by atoms with van der Waals surface area (Å²) in [4.78, 5) is 0.167. The van der Waals surface area contributed by atoms with Gasteiger partial charge in [0.25, 0.3) is 8.32 Å². The van der Waals surface area contributed by atoms with Crippen molar-refractivity contribution >= 4 is 28.5 Å². The highest BCUT2D eigenvalue weighted by molar-refractivity contribution is 7.92. The van der Waals surface area contributed by atoms with Gasteiger partial charge in [-0.05, 0) is 109 Å². The number of rotatable bonds is 20. The number of ether oxygens (including phenoxy) is 4. The van der Waals surface area contributed by atoms with Crippen LogP contribution in [-0.2, 0) is 35.1 Å². The van der Waals surface area contributed by atoms with Gasteiger partial charge in [0, 0.05) is 18.8 Å².